The summed E-state index contributed by atoms with van der Waals surface area (Å²) in [6, 6.07) is 0. The molecule has 0 aromatic heterocycles. The Morgan fingerprint density at radius 3 is 2.88 bits per heavy atom. The standard InChI is InChI=1S/C15H24O/c1-11(10-16)5-4-8-15(3)12(2)13-6-7-14(15)9-13/h5,13-14,16H,2,4,6-10H2,1,3H3/t13-,14-,15?/m0/s1. The zero-order valence-electron chi connectivity index (χ0n) is 10.6. The van der Waals surface area contributed by atoms with E-state index >= 15 is 0 Å². The van der Waals surface area contributed by atoms with Gasteiger partial charge in [-0.15, -0.1) is 0 Å². The van der Waals surface area contributed by atoms with Crippen molar-refractivity contribution >= 4 is 0 Å². The first-order valence-corrected chi connectivity index (χ1v) is 6.53. The molecule has 1 N–H and O–H groups in total. The maximum atomic E-state index is 8.96. The Kier molecular flexibility index (Phi) is 3.25. The molecule has 0 aromatic rings. The van der Waals surface area contributed by atoms with Crippen LogP contribution in [0, 0.1) is 17.3 Å². The minimum atomic E-state index is 0.198. The van der Waals surface area contributed by atoms with Gasteiger partial charge in [-0.3, -0.25) is 0 Å². The molecule has 2 rings (SSSR count). The molecule has 0 saturated heterocycles. The van der Waals surface area contributed by atoms with Gasteiger partial charge in [0, 0.05) is 0 Å². The van der Waals surface area contributed by atoms with Crippen molar-refractivity contribution in [3.63, 3.8) is 0 Å². The lowest BCUT2D eigenvalue weighted by molar-refractivity contribution is 0.240. The summed E-state index contributed by atoms with van der Waals surface area (Å²) in [5, 5.41) is 8.96. The van der Waals surface area contributed by atoms with Crippen molar-refractivity contribution in [2.75, 3.05) is 6.61 Å². The molecule has 1 unspecified atom stereocenters. The first kappa shape index (κ1) is 11.9. The van der Waals surface area contributed by atoms with Crippen molar-refractivity contribution in [2.24, 2.45) is 17.3 Å². The topological polar surface area (TPSA) is 20.2 Å². The van der Waals surface area contributed by atoms with E-state index in [0.717, 1.165) is 23.8 Å². The van der Waals surface area contributed by atoms with Crippen LogP contribution in [0.2, 0.25) is 0 Å². The first-order valence-electron chi connectivity index (χ1n) is 6.53. The molecule has 90 valence electrons. The van der Waals surface area contributed by atoms with Gasteiger partial charge in [-0.1, -0.05) is 30.7 Å². The summed E-state index contributed by atoms with van der Waals surface area (Å²) >= 11 is 0. The van der Waals surface area contributed by atoms with Gasteiger partial charge < -0.3 is 5.11 Å². The Bertz CT molecular complexity index is 315. The van der Waals surface area contributed by atoms with Crippen LogP contribution in [0.15, 0.2) is 23.8 Å². The predicted molar refractivity (Wildman–Crippen MR) is 68.2 cm³/mol. The maximum absolute atomic E-state index is 8.96. The van der Waals surface area contributed by atoms with Crippen LogP contribution in [0.25, 0.3) is 0 Å². The van der Waals surface area contributed by atoms with Crippen molar-refractivity contribution in [3.05, 3.63) is 23.8 Å². The van der Waals surface area contributed by atoms with Crippen LogP contribution in [-0.4, -0.2) is 11.7 Å². The molecule has 0 radical (unpaired) electrons. The Labute approximate surface area is 99.3 Å². The molecule has 0 amide bonds. The van der Waals surface area contributed by atoms with Crippen molar-refractivity contribution in [1.29, 1.82) is 0 Å². The summed E-state index contributed by atoms with van der Waals surface area (Å²) < 4.78 is 0. The predicted octanol–water partition coefficient (Wildman–Crippen LogP) is 3.70. The van der Waals surface area contributed by atoms with E-state index in [-0.39, 0.29) is 6.61 Å². The zero-order chi connectivity index (χ0) is 11.8. The van der Waals surface area contributed by atoms with Gasteiger partial charge in [0.1, 0.15) is 0 Å². The SMILES string of the molecule is C=C1[C@H]2CC[C@@H](C2)C1(C)CCC=C(C)CO. The minimum absolute atomic E-state index is 0.198. The van der Waals surface area contributed by atoms with E-state index in [4.69, 9.17) is 5.11 Å². The second kappa shape index (κ2) is 4.37. The molecule has 0 heterocycles. The van der Waals surface area contributed by atoms with E-state index in [1.165, 1.54) is 31.3 Å². The third-order valence-electron chi connectivity index (χ3n) is 4.97. The average molecular weight is 220 g/mol. The summed E-state index contributed by atoms with van der Waals surface area (Å²) in [5.41, 5.74) is 2.99. The van der Waals surface area contributed by atoms with Gasteiger partial charge in [0.15, 0.2) is 0 Å². The molecule has 0 aliphatic heterocycles. The van der Waals surface area contributed by atoms with Crippen LogP contribution in [-0.2, 0) is 0 Å². The largest absolute Gasteiger partial charge is 0.392 e. The molecule has 2 aliphatic rings. The lowest BCUT2D eigenvalue weighted by Crippen LogP contribution is -2.26. The first-order chi connectivity index (χ1) is 7.58. The number of fused-ring (bicyclic) bond motifs is 2. The Balaban J connectivity index is 1.96. The van der Waals surface area contributed by atoms with E-state index < -0.39 is 0 Å². The van der Waals surface area contributed by atoms with Gasteiger partial charge in [0.25, 0.3) is 0 Å². The number of hydrogen-bond acceptors (Lipinski definition) is 1. The average Bonchev–Trinajstić information content (AvgIpc) is 2.83. The molecule has 1 heteroatoms. The number of hydrogen-bond donors (Lipinski definition) is 1. The van der Waals surface area contributed by atoms with E-state index in [1.807, 2.05) is 6.92 Å². The molecule has 2 fully saturated rings. The molecule has 2 saturated carbocycles. The summed E-state index contributed by atoms with van der Waals surface area (Å²) in [6.07, 6.45) is 8.66. The fourth-order valence-electron chi connectivity index (χ4n) is 3.65. The third kappa shape index (κ3) is 1.86. The van der Waals surface area contributed by atoms with Crippen LogP contribution in [0.5, 0.6) is 0 Å². The number of aliphatic hydroxyl groups excluding tert-OH is 1. The Hall–Kier alpha value is -0.560. The van der Waals surface area contributed by atoms with Crippen LogP contribution < -0.4 is 0 Å². The third-order valence-corrected chi connectivity index (χ3v) is 4.97. The van der Waals surface area contributed by atoms with Crippen LogP contribution in [0.1, 0.15) is 46.0 Å². The summed E-state index contributed by atoms with van der Waals surface area (Å²) in [5.74, 6) is 1.70. The van der Waals surface area contributed by atoms with Crippen molar-refractivity contribution in [1.82, 2.24) is 0 Å². The monoisotopic (exact) mass is 220 g/mol. The van der Waals surface area contributed by atoms with Crippen molar-refractivity contribution < 1.29 is 5.11 Å². The zero-order valence-corrected chi connectivity index (χ0v) is 10.6. The quantitative estimate of drug-likeness (QED) is 0.716. The smallest absolute Gasteiger partial charge is 0.0639 e. The fraction of sp³-hybridized carbons (Fsp3) is 0.733. The molecule has 3 atom stereocenters. The van der Waals surface area contributed by atoms with Crippen LogP contribution in [0.3, 0.4) is 0 Å². The van der Waals surface area contributed by atoms with E-state index in [0.29, 0.717) is 5.41 Å². The van der Waals surface area contributed by atoms with Crippen molar-refractivity contribution in [2.45, 2.75) is 46.0 Å². The maximum Gasteiger partial charge on any atom is 0.0639 e. The van der Waals surface area contributed by atoms with Crippen molar-refractivity contribution in [3.8, 4) is 0 Å². The van der Waals surface area contributed by atoms with E-state index in [2.05, 4.69) is 19.6 Å². The minimum Gasteiger partial charge on any atom is -0.392 e. The Morgan fingerprint density at radius 1 is 1.56 bits per heavy atom. The highest BCUT2D eigenvalue weighted by molar-refractivity contribution is 5.24. The van der Waals surface area contributed by atoms with Crippen LogP contribution >= 0.6 is 0 Å². The summed E-state index contributed by atoms with van der Waals surface area (Å²) in [7, 11) is 0. The summed E-state index contributed by atoms with van der Waals surface area (Å²) in [4.78, 5) is 0. The lowest BCUT2D eigenvalue weighted by Gasteiger charge is -2.36. The molecule has 1 nitrogen and oxygen atoms in total. The lowest BCUT2D eigenvalue weighted by atomic mass is 9.69. The highest BCUT2D eigenvalue weighted by atomic mass is 16.3. The van der Waals surface area contributed by atoms with Gasteiger partial charge in [0.2, 0.25) is 0 Å². The second-order valence-corrected chi connectivity index (χ2v) is 5.90. The van der Waals surface area contributed by atoms with Crippen LogP contribution in [0.4, 0.5) is 0 Å². The van der Waals surface area contributed by atoms with Gasteiger partial charge in [-0.05, 0) is 56.3 Å². The van der Waals surface area contributed by atoms with Gasteiger partial charge in [-0.2, -0.15) is 0 Å². The molecule has 0 aromatic carbocycles. The normalized spacial score (nSPS) is 38.4. The van der Waals surface area contributed by atoms with Gasteiger partial charge in [0.05, 0.1) is 6.61 Å². The van der Waals surface area contributed by atoms with E-state index in [9.17, 15) is 0 Å². The summed E-state index contributed by atoms with van der Waals surface area (Å²) in [6.45, 7) is 8.94. The number of aliphatic hydroxyl groups is 1. The highest BCUT2D eigenvalue weighted by Gasteiger charge is 2.49. The molecule has 2 bridgehead atoms. The Morgan fingerprint density at radius 2 is 2.31 bits per heavy atom. The molecule has 0 spiro atoms. The van der Waals surface area contributed by atoms with E-state index in [1.54, 1.807) is 0 Å². The number of rotatable bonds is 4. The second-order valence-electron chi connectivity index (χ2n) is 5.90. The van der Waals surface area contributed by atoms with Gasteiger partial charge in [-0.25, -0.2) is 0 Å². The molecular formula is C15H24O. The molecule has 16 heavy (non-hydrogen) atoms. The highest BCUT2D eigenvalue weighted by Crippen LogP contribution is 2.60. The fourth-order valence-corrected chi connectivity index (χ4v) is 3.65. The number of allylic oxidation sites excluding steroid dienone is 2. The van der Waals surface area contributed by atoms with Gasteiger partial charge >= 0.3 is 0 Å². The molecular weight excluding hydrogens is 196 g/mol. The molecule has 2 aliphatic carbocycles.